The molecule has 0 bridgehead atoms. The van der Waals surface area contributed by atoms with Crippen LogP contribution in [0.4, 0.5) is 0 Å². The predicted octanol–water partition coefficient (Wildman–Crippen LogP) is 16.0. The fourth-order valence-electron chi connectivity index (χ4n) is 10.2. The van der Waals surface area contributed by atoms with Gasteiger partial charge in [0, 0.05) is 49.4 Å². The van der Waals surface area contributed by atoms with E-state index in [2.05, 4.69) is 250 Å². The van der Waals surface area contributed by atoms with Gasteiger partial charge in [0.1, 0.15) is 0 Å². The molecule has 0 radical (unpaired) electrons. The molecule has 0 aliphatic carbocycles. The van der Waals surface area contributed by atoms with E-state index < -0.39 is 0 Å². The molecule has 0 saturated heterocycles. The molecular weight excluding hydrogens is 763 g/mol. The van der Waals surface area contributed by atoms with Gasteiger partial charge in [-0.2, -0.15) is 0 Å². The number of hydrogen-bond donors (Lipinski definition) is 0. The van der Waals surface area contributed by atoms with Gasteiger partial charge in [-0.1, -0.05) is 158 Å². The zero-order valence-electron chi connectivity index (χ0n) is 34.4. The summed E-state index contributed by atoms with van der Waals surface area (Å²) in [6, 6.07) is 86.6. The summed E-state index contributed by atoms with van der Waals surface area (Å²) in [5.74, 6) is 0. The molecule has 0 amide bonds. The summed E-state index contributed by atoms with van der Waals surface area (Å²) in [6.45, 7) is 0. The standard InChI is InChI=1S/C60H39N3/c1-3-16-40(17-4-1)43-30-32-59-53(37-43)51-24-9-13-28-57(51)62(59)47-35-45(42-20-15-21-46(34-42)61-55-26-11-7-22-49(55)50-23-8-12-27-56(50)61)36-48(39-47)63-58-29-14-10-25-52(58)54-38-44(31-33-60(54)63)41-18-5-2-6-19-41/h1-39H. The maximum Gasteiger partial charge on any atom is 0.0541 e. The van der Waals surface area contributed by atoms with Crippen molar-refractivity contribution in [2.24, 2.45) is 0 Å². The minimum absolute atomic E-state index is 1.11. The van der Waals surface area contributed by atoms with E-state index >= 15 is 0 Å². The van der Waals surface area contributed by atoms with Crippen LogP contribution in [-0.4, -0.2) is 13.7 Å². The average Bonchev–Trinajstić information content (AvgIpc) is 4.00. The summed E-state index contributed by atoms with van der Waals surface area (Å²) in [6.07, 6.45) is 0. The summed E-state index contributed by atoms with van der Waals surface area (Å²) in [7, 11) is 0. The maximum absolute atomic E-state index is 2.46. The molecule has 13 aromatic rings. The highest BCUT2D eigenvalue weighted by atomic mass is 15.0. The third kappa shape index (κ3) is 5.60. The van der Waals surface area contributed by atoms with E-state index in [9.17, 15) is 0 Å². The first-order valence-electron chi connectivity index (χ1n) is 21.7. The van der Waals surface area contributed by atoms with Crippen molar-refractivity contribution in [3.63, 3.8) is 0 Å². The van der Waals surface area contributed by atoms with Gasteiger partial charge < -0.3 is 13.7 Å². The van der Waals surface area contributed by atoms with Crippen LogP contribution in [0.15, 0.2) is 237 Å². The van der Waals surface area contributed by atoms with E-state index in [4.69, 9.17) is 0 Å². The van der Waals surface area contributed by atoms with Gasteiger partial charge >= 0.3 is 0 Å². The lowest BCUT2D eigenvalue weighted by molar-refractivity contribution is 1.13. The summed E-state index contributed by atoms with van der Waals surface area (Å²) in [5, 5.41) is 7.44. The van der Waals surface area contributed by atoms with Crippen molar-refractivity contribution in [1.29, 1.82) is 0 Å². The van der Waals surface area contributed by atoms with E-state index in [-0.39, 0.29) is 0 Å². The monoisotopic (exact) mass is 801 g/mol. The Kier molecular flexibility index (Phi) is 7.91. The Morgan fingerprint density at radius 3 is 0.968 bits per heavy atom. The SMILES string of the molecule is c1ccc(-c2ccc3c(c2)c2ccccc2n3-c2cc(-c3cccc(-n4c5ccccc5c5ccccc54)c3)cc(-n3c4ccccc4c4cc(-c5ccccc5)ccc43)c2)cc1. The van der Waals surface area contributed by atoms with Crippen molar-refractivity contribution < 1.29 is 0 Å². The van der Waals surface area contributed by atoms with Crippen LogP contribution in [0.25, 0.3) is 116 Å². The molecule has 3 heterocycles. The van der Waals surface area contributed by atoms with Crippen molar-refractivity contribution in [3.05, 3.63) is 237 Å². The van der Waals surface area contributed by atoms with Crippen LogP contribution in [-0.2, 0) is 0 Å². The van der Waals surface area contributed by atoms with Crippen LogP contribution < -0.4 is 0 Å². The molecule has 0 aliphatic rings. The number of nitrogens with zero attached hydrogens (tertiary/aromatic N) is 3. The minimum atomic E-state index is 1.11. The largest absolute Gasteiger partial charge is 0.309 e. The molecule has 0 aliphatic heterocycles. The van der Waals surface area contributed by atoms with Crippen molar-refractivity contribution in [1.82, 2.24) is 13.7 Å². The predicted molar refractivity (Wildman–Crippen MR) is 266 cm³/mol. The summed E-state index contributed by atoms with van der Waals surface area (Å²) < 4.78 is 7.34. The molecule has 10 aromatic carbocycles. The summed E-state index contributed by atoms with van der Waals surface area (Å²) in [5.41, 5.74) is 17.6. The number of para-hydroxylation sites is 4. The van der Waals surface area contributed by atoms with Gasteiger partial charge in [-0.05, 0) is 112 Å². The first kappa shape index (κ1) is 35.4. The lowest BCUT2D eigenvalue weighted by atomic mass is 10.0. The van der Waals surface area contributed by atoms with Gasteiger partial charge in [-0.25, -0.2) is 0 Å². The number of fused-ring (bicyclic) bond motifs is 9. The van der Waals surface area contributed by atoms with Crippen LogP contribution in [0.2, 0.25) is 0 Å². The summed E-state index contributed by atoms with van der Waals surface area (Å²) in [4.78, 5) is 0. The van der Waals surface area contributed by atoms with E-state index in [0.717, 1.165) is 28.2 Å². The topological polar surface area (TPSA) is 14.8 Å². The lowest BCUT2D eigenvalue weighted by Crippen LogP contribution is -2.00. The normalized spacial score (nSPS) is 11.8. The third-order valence-electron chi connectivity index (χ3n) is 13.0. The molecule has 3 aromatic heterocycles. The Labute approximate surface area is 364 Å². The summed E-state index contributed by atoms with van der Waals surface area (Å²) >= 11 is 0. The molecule has 0 atom stereocenters. The van der Waals surface area contributed by atoms with Crippen LogP contribution in [0, 0.1) is 0 Å². The molecule has 0 unspecified atom stereocenters. The van der Waals surface area contributed by atoms with Crippen LogP contribution in [0.1, 0.15) is 0 Å². The fourth-order valence-corrected chi connectivity index (χ4v) is 10.2. The maximum atomic E-state index is 2.46. The van der Waals surface area contributed by atoms with Gasteiger partial charge in [-0.15, -0.1) is 0 Å². The smallest absolute Gasteiger partial charge is 0.0541 e. The first-order chi connectivity index (χ1) is 31.2. The molecule has 3 nitrogen and oxygen atoms in total. The highest BCUT2D eigenvalue weighted by molar-refractivity contribution is 6.13. The van der Waals surface area contributed by atoms with Gasteiger partial charge in [-0.3, -0.25) is 0 Å². The van der Waals surface area contributed by atoms with Gasteiger partial charge in [0.05, 0.1) is 33.1 Å². The Hall–Kier alpha value is -8.40. The molecule has 13 rings (SSSR count). The number of rotatable bonds is 6. The molecular formula is C60H39N3. The zero-order valence-corrected chi connectivity index (χ0v) is 34.4. The number of hydrogen-bond acceptors (Lipinski definition) is 0. The van der Waals surface area contributed by atoms with E-state index in [1.807, 2.05) is 0 Å². The molecule has 0 fully saturated rings. The number of aromatic nitrogens is 3. The lowest BCUT2D eigenvalue weighted by Gasteiger charge is -2.17. The Morgan fingerprint density at radius 1 is 0.175 bits per heavy atom. The highest BCUT2D eigenvalue weighted by Crippen LogP contribution is 2.41. The third-order valence-corrected chi connectivity index (χ3v) is 13.0. The molecule has 3 heteroatoms. The van der Waals surface area contributed by atoms with Crippen molar-refractivity contribution in [2.45, 2.75) is 0 Å². The molecule has 294 valence electrons. The first-order valence-corrected chi connectivity index (χ1v) is 21.7. The fraction of sp³-hybridized carbons (Fsp3) is 0. The van der Waals surface area contributed by atoms with E-state index in [1.165, 1.54) is 87.7 Å². The second-order valence-corrected chi connectivity index (χ2v) is 16.6. The van der Waals surface area contributed by atoms with E-state index in [1.54, 1.807) is 0 Å². The average molecular weight is 802 g/mol. The van der Waals surface area contributed by atoms with Gasteiger partial charge in [0.25, 0.3) is 0 Å². The van der Waals surface area contributed by atoms with Crippen molar-refractivity contribution in [3.8, 4) is 50.4 Å². The quantitative estimate of drug-likeness (QED) is 0.159. The Balaban J connectivity index is 1.08. The molecule has 63 heavy (non-hydrogen) atoms. The van der Waals surface area contributed by atoms with Crippen LogP contribution >= 0.6 is 0 Å². The second-order valence-electron chi connectivity index (χ2n) is 16.6. The molecule has 0 N–H and O–H groups in total. The Morgan fingerprint density at radius 2 is 0.508 bits per heavy atom. The van der Waals surface area contributed by atoms with Crippen LogP contribution in [0.3, 0.4) is 0 Å². The molecule has 0 saturated carbocycles. The van der Waals surface area contributed by atoms with E-state index in [0.29, 0.717) is 0 Å². The number of benzene rings is 10. The second kappa shape index (κ2) is 14.1. The highest BCUT2D eigenvalue weighted by Gasteiger charge is 2.19. The zero-order chi connectivity index (χ0) is 41.4. The van der Waals surface area contributed by atoms with Gasteiger partial charge in [0.2, 0.25) is 0 Å². The van der Waals surface area contributed by atoms with Crippen molar-refractivity contribution >= 4 is 65.4 Å². The van der Waals surface area contributed by atoms with Crippen molar-refractivity contribution in [2.75, 3.05) is 0 Å². The molecule has 0 spiro atoms. The van der Waals surface area contributed by atoms with Crippen LogP contribution in [0.5, 0.6) is 0 Å². The van der Waals surface area contributed by atoms with Gasteiger partial charge in [0.15, 0.2) is 0 Å². The minimum Gasteiger partial charge on any atom is -0.309 e. The Bertz CT molecular complexity index is 3670.